The summed E-state index contributed by atoms with van der Waals surface area (Å²) in [5.41, 5.74) is 1.49. The van der Waals surface area contributed by atoms with E-state index in [0.717, 1.165) is 38.8 Å². The summed E-state index contributed by atoms with van der Waals surface area (Å²) in [6, 6.07) is 0.322. The third-order valence-corrected chi connectivity index (χ3v) is 6.33. The molecule has 2 N–H and O–H groups in total. The molecule has 0 amide bonds. The Balaban J connectivity index is 1.49. The van der Waals surface area contributed by atoms with Gasteiger partial charge in [0.2, 0.25) is 0 Å². The van der Waals surface area contributed by atoms with Gasteiger partial charge in [-0.1, -0.05) is 30.7 Å². The molecule has 4 aliphatic rings. The second-order valence-corrected chi connectivity index (χ2v) is 8.01. The van der Waals surface area contributed by atoms with Gasteiger partial charge in [-0.25, -0.2) is 8.78 Å². The van der Waals surface area contributed by atoms with Gasteiger partial charge < -0.3 is 5.32 Å². The van der Waals surface area contributed by atoms with Crippen LogP contribution in [0.5, 0.6) is 0 Å². The van der Waals surface area contributed by atoms with Crippen molar-refractivity contribution in [3.8, 4) is 0 Å². The molecular weight excluding hydrogens is 308 g/mol. The fourth-order valence-corrected chi connectivity index (χ4v) is 5.04. The molecule has 0 aromatic rings. The predicted octanol–water partition coefficient (Wildman–Crippen LogP) is 2.76. The number of piperidine rings is 1. The van der Waals surface area contributed by atoms with Gasteiger partial charge in [0.05, 0.1) is 6.17 Å². The van der Waals surface area contributed by atoms with E-state index in [1.54, 1.807) is 6.08 Å². The van der Waals surface area contributed by atoms with Crippen LogP contribution in [0.15, 0.2) is 23.8 Å². The molecular formula is C19H29F2N3. The van der Waals surface area contributed by atoms with Crippen LogP contribution in [0.3, 0.4) is 0 Å². The van der Waals surface area contributed by atoms with Crippen LogP contribution in [-0.4, -0.2) is 49.2 Å². The summed E-state index contributed by atoms with van der Waals surface area (Å²) in [6.45, 7) is 4.46. The molecule has 134 valence electrons. The van der Waals surface area contributed by atoms with Crippen molar-refractivity contribution in [2.45, 2.75) is 57.3 Å². The average molecular weight is 337 g/mol. The first-order valence-corrected chi connectivity index (χ1v) is 9.51. The van der Waals surface area contributed by atoms with E-state index in [-0.39, 0.29) is 12.1 Å². The smallest absolute Gasteiger partial charge is 0.165 e. The van der Waals surface area contributed by atoms with Crippen LogP contribution in [0, 0.1) is 17.8 Å². The molecule has 7 atom stereocenters. The van der Waals surface area contributed by atoms with Gasteiger partial charge >= 0.3 is 0 Å². The predicted molar refractivity (Wildman–Crippen MR) is 91.9 cm³/mol. The van der Waals surface area contributed by atoms with Crippen molar-refractivity contribution in [2.75, 3.05) is 19.6 Å². The molecule has 1 aliphatic carbocycles. The van der Waals surface area contributed by atoms with Crippen molar-refractivity contribution in [2.24, 2.45) is 17.8 Å². The fraction of sp³-hybridized carbons (Fsp3) is 0.789. The van der Waals surface area contributed by atoms with E-state index < -0.39 is 12.5 Å². The van der Waals surface area contributed by atoms with Gasteiger partial charge in [0.1, 0.15) is 6.17 Å². The number of fused-ring (bicyclic) bond motifs is 1. The second-order valence-electron chi connectivity index (χ2n) is 8.01. The van der Waals surface area contributed by atoms with Gasteiger partial charge in [0, 0.05) is 19.1 Å². The second kappa shape index (κ2) is 6.85. The first kappa shape index (κ1) is 16.7. The lowest BCUT2D eigenvalue weighted by atomic mass is 9.74. The zero-order valence-electron chi connectivity index (χ0n) is 14.4. The van der Waals surface area contributed by atoms with Crippen LogP contribution in [0.1, 0.15) is 32.6 Å². The molecule has 2 saturated heterocycles. The number of allylic oxidation sites excluding steroid dienone is 1. The lowest BCUT2D eigenvalue weighted by Crippen LogP contribution is -2.49. The maximum Gasteiger partial charge on any atom is 0.165 e. The minimum Gasteiger partial charge on any atom is -0.309 e. The summed E-state index contributed by atoms with van der Waals surface area (Å²) in [7, 11) is 0. The van der Waals surface area contributed by atoms with Crippen LogP contribution in [-0.2, 0) is 0 Å². The van der Waals surface area contributed by atoms with Gasteiger partial charge in [-0.05, 0) is 50.0 Å². The standard InChI is InChI=1S/C19H29F2N3/c1-12-9-13(4-6-16(12)20)19-15(3-2-8-22-19)14-5-7-18-23-17(21)11-24(18)10-14/h3-4,6,12-14,16-19,22-23H,2,5,7-11H2,1H3/t12?,13?,14-,16?,17?,18?,19?/m1/s1. The topological polar surface area (TPSA) is 27.3 Å². The van der Waals surface area contributed by atoms with Crippen molar-refractivity contribution in [3.63, 3.8) is 0 Å². The Bertz CT molecular complexity index is 521. The Morgan fingerprint density at radius 3 is 2.88 bits per heavy atom. The van der Waals surface area contributed by atoms with Crippen LogP contribution in [0.4, 0.5) is 8.78 Å². The van der Waals surface area contributed by atoms with Crippen LogP contribution in [0.25, 0.3) is 0 Å². The van der Waals surface area contributed by atoms with Gasteiger partial charge in [-0.15, -0.1) is 0 Å². The van der Waals surface area contributed by atoms with Crippen LogP contribution in [0.2, 0.25) is 0 Å². The zero-order valence-corrected chi connectivity index (χ0v) is 14.4. The average Bonchev–Trinajstić information content (AvgIpc) is 2.96. The summed E-state index contributed by atoms with van der Waals surface area (Å²) in [4.78, 5) is 2.27. The highest BCUT2D eigenvalue weighted by Crippen LogP contribution is 2.37. The summed E-state index contributed by atoms with van der Waals surface area (Å²) in [5.74, 6) is 0.968. The number of alkyl halides is 2. The lowest BCUT2D eigenvalue weighted by Gasteiger charge is -2.42. The third-order valence-electron chi connectivity index (χ3n) is 6.33. The number of hydrogen-bond acceptors (Lipinski definition) is 3. The van der Waals surface area contributed by atoms with E-state index in [1.165, 1.54) is 5.57 Å². The van der Waals surface area contributed by atoms with Crippen molar-refractivity contribution in [3.05, 3.63) is 23.8 Å². The Labute approximate surface area is 143 Å². The van der Waals surface area contributed by atoms with Gasteiger partial charge in [-0.3, -0.25) is 10.2 Å². The van der Waals surface area contributed by atoms with Crippen molar-refractivity contribution in [1.82, 2.24) is 15.5 Å². The fourth-order valence-electron chi connectivity index (χ4n) is 5.04. The normalized spacial score (nSPS) is 46.6. The minimum absolute atomic E-state index is 0.0933. The van der Waals surface area contributed by atoms with E-state index >= 15 is 0 Å². The largest absolute Gasteiger partial charge is 0.309 e. The molecule has 2 fully saturated rings. The summed E-state index contributed by atoms with van der Waals surface area (Å²) in [6.07, 6.45) is 8.87. The molecule has 0 radical (unpaired) electrons. The molecule has 3 heterocycles. The monoisotopic (exact) mass is 337 g/mol. The summed E-state index contributed by atoms with van der Waals surface area (Å²) in [5, 5.41) is 6.73. The van der Waals surface area contributed by atoms with Gasteiger partial charge in [0.25, 0.3) is 0 Å². The molecule has 5 heteroatoms. The van der Waals surface area contributed by atoms with Crippen molar-refractivity contribution in [1.29, 1.82) is 0 Å². The number of nitrogens with zero attached hydrogens (tertiary/aromatic N) is 1. The van der Waals surface area contributed by atoms with E-state index in [4.69, 9.17) is 0 Å². The number of hydrogen-bond donors (Lipinski definition) is 2. The van der Waals surface area contributed by atoms with E-state index in [9.17, 15) is 8.78 Å². The quantitative estimate of drug-likeness (QED) is 0.599. The number of nitrogens with one attached hydrogen (secondary N) is 2. The Kier molecular flexibility index (Phi) is 4.76. The molecule has 0 aromatic heterocycles. The Morgan fingerprint density at radius 1 is 1.17 bits per heavy atom. The van der Waals surface area contributed by atoms with Crippen LogP contribution >= 0.6 is 0 Å². The van der Waals surface area contributed by atoms with E-state index in [2.05, 4.69) is 27.7 Å². The maximum atomic E-state index is 13.8. The van der Waals surface area contributed by atoms with Gasteiger partial charge in [-0.2, -0.15) is 0 Å². The molecule has 0 bridgehead atoms. The highest BCUT2D eigenvalue weighted by Gasteiger charge is 2.40. The summed E-state index contributed by atoms with van der Waals surface area (Å²) < 4.78 is 27.4. The van der Waals surface area contributed by atoms with E-state index in [1.807, 2.05) is 6.92 Å². The molecule has 4 rings (SSSR count). The van der Waals surface area contributed by atoms with Gasteiger partial charge in [0.15, 0.2) is 6.30 Å². The first-order valence-electron chi connectivity index (χ1n) is 9.51. The number of halogens is 2. The molecule has 0 aromatic carbocycles. The molecule has 3 nitrogen and oxygen atoms in total. The SMILES string of the molecule is CC1CC(C2NCCC=C2[C@@H]2CCC3NC(F)CN3C2)C=CC1F. The van der Waals surface area contributed by atoms with Crippen molar-refractivity contribution < 1.29 is 8.78 Å². The highest BCUT2D eigenvalue weighted by atomic mass is 19.1. The van der Waals surface area contributed by atoms with Crippen LogP contribution < -0.4 is 10.6 Å². The Hall–Kier alpha value is -0.780. The lowest BCUT2D eigenvalue weighted by molar-refractivity contribution is 0.143. The first-order chi connectivity index (χ1) is 11.6. The minimum atomic E-state index is -0.883. The molecule has 3 aliphatic heterocycles. The molecule has 6 unspecified atom stereocenters. The molecule has 0 spiro atoms. The molecule has 24 heavy (non-hydrogen) atoms. The summed E-state index contributed by atoms with van der Waals surface area (Å²) >= 11 is 0. The van der Waals surface area contributed by atoms with E-state index in [0.29, 0.717) is 24.4 Å². The Morgan fingerprint density at radius 2 is 2.04 bits per heavy atom. The third kappa shape index (κ3) is 3.18. The molecule has 0 saturated carbocycles. The zero-order chi connectivity index (χ0) is 16.7. The number of rotatable bonds is 2. The highest BCUT2D eigenvalue weighted by molar-refractivity contribution is 5.24. The maximum absolute atomic E-state index is 13.8. The van der Waals surface area contributed by atoms with Crippen molar-refractivity contribution >= 4 is 0 Å².